The summed E-state index contributed by atoms with van der Waals surface area (Å²) in [6, 6.07) is 12.3. The zero-order valence-electron chi connectivity index (χ0n) is 19.3. The average molecular weight is 462 g/mol. The highest BCUT2D eigenvalue weighted by Crippen LogP contribution is 2.42. The van der Waals surface area contributed by atoms with Gasteiger partial charge in [0.15, 0.2) is 6.10 Å². The zero-order chi connectivity index (χ0) is 23.8. The quantitative estimate of drug-likeness (QED) is 0.432. The molecule has 4 rings (SSSR count). The fourth-order valence-corrected chi connectivity index (χ4v) is 4.61. The number of carbonyl (C=O) groups is 1. The van der Waals surface area contributed by atoms with Gasteiger partial charge in [-0.2, -0.15) is 0 Å². The normalized spacial score (nSPS) is 17.1. The van der Waals surface area contributed by atoms with Gasteiger partial charge in [0.05, 0.1) is 5.60 Å². The van der Waals surface area contributed by atoms with Crippen LogP contribution < -0.4 is 0 Å². The van der Waals surface area contributed by atoms with Gasteiger partial charge in [0.25, 0.3) is 0 Å². The van der Waals surface area contributed by atoms with Gasteiger partial charge in [-0.15, -0.1) is 0 Å². The van der Waals surface area contributed by atoms with Crippen LogP contribution in [0.2, 0.25) is 0 Å². The van der Waals surface area contributed by atoms with E-state index in [1.807, 2.05) is 58.2 Å². The number of aryl methyl sites for hydroxylation is 1. The van der Waals surface area contributed by atoms with Crippen LogP contribution in [-0.2, 0) is 9.53 Å². The van der Waals surface area contributed by atoms with E-state index >= 15 is 0 Å². The molecule has 0 fully saturated rings. The fraction of sp³-hybridized carbons (Fsp3) is 0.286. The predicted molar refractivity (Wildman–Crippen MR) is 134 cm³/mol. The molecule has 0 radical (unpaired) electrons. The fourth-order valence-electron chi connectivity index (χ4n) is 4.45. The van der Waals surface area contributed by atoms with Crippen molar-refractivity contribution in [1.82, 2.24) is 4.98 Å². The minimum Gasteiger partial charge on any atom is -0.479 e. The lowest BCUT2D eigenvalue weighted by Crippen LogP contribution is -2.29. The van der Waals surface area contributed by atoms with Gasteiger partial charge in [-0.05, 0) is 85.4 Å². The second-order valence-electron chi connectivity index (χ2n) is 9.44. The van der Waals surface area contributed by atoms with Crippen LogP contribution in [0, 0.1) is 6.92 Å². The predicted octanol–water partition coefficient (Wildman–Crippen LogP) is 7.32. The van der Waals surface area contributed by atoms with Crippen LogP contribution in [0.15, 0.2) is 72.1 Å². The lowest BCUT2D eigenvalue weighted by atomic mass is 9.81. The van der Waals surface area contributed by atoms with Gasteiger partial charge in [-0.3, -0.25) is 4.98 Å². The first-order valence-corrected chi connectivity index (χ1v) is 11.4. The monoisotopic (exact) mass is 461 g/mol. The second-order valence-corrected chi connectivity index (χ2v) is 9.87. The molecular weight excluding hydrogens is 434 g/mol. The number of aliphatic carboxylic acids is 1. The number of fused-ring (bicyclic) bond motifs is 1. The van der Waals surface area contributed by atoms with E-state index in [2.05, 4.69) is 35.3 Å². The summed E-state index contributed by atoms with van der Waals surface area (Å²) in [6.45, 7) is 7.60. The molecule has 0 amide bonds. The molecule has 0 bridgehead atoms. The van der Waals surface area contributed by atoms with Crippen LogP contribution >= 0.6 is 11.6 Å². The molecule has 2 atom stereocenters. The summed E-state index contributed by atoms with van der Waals surface area (Å²) in [5, 5.41) is 12.9. The number of halogens is 1. The van der Waals surface area contributed by atoms with E-state index in [0.717, 1.165) is 38.6 Å². The summed E-state index contributed by atoms with van der Waals surface area (Å²) in [4.78, 5) is 16.6. The molecule has 0 spiro atoms. The first-order valence-electron chi connectivity index (χ1n) is 11.1. The van der Waals surface area contributed by atoms with Gasteiger partial charge in [0.1, 0.15) is 0 Å². The van der Waals surface area contributed by atoms with E-state index in [1.165, 1.54) is 0 Å². The molecule has 1 aromatic heterocycles. The molecular formula is C28H28ClNO3. The molecule has 1 heterocycles. The molecule has 0 saturated carbocycles. The van der Waals surface area contributed by atoms with Crippen molar-refractivity contribution in [1.29, 1.82) is 0 Å². The maximum Gasteiger partial charge on any atom is 0.337 e. The van der Waals surface area contributed by atoms with Crippen molar-refractivity contribution < 1.29 is 14.6 Å². The van der Waals surface area contributed by atoms with Crippen molar-refractivity contribution in [3.05, 3.63) is 88.7 Å². The Labute approximate surface area is 199 Å². The lowest BCUT2D eigenvalue weighted by Gasteiger charge is -2.30. The number of benzene rings is 2. The number of nitrogens with zero attached hydrogens (tertiary/aromatic N) is 1. The van der Waals surface area contributed by atoms with Gasteiger partial charge in [0, 0.05) is 28.9 Å². The Balaban J connectivity index is 1.96. The number of carboxylic acid groups (broad SMARTS) is 1. The number of allylic oxidation sites excluding steroid dienone is 4. The summed E-state index contributed by atoms with van der Waals surface area (Å²) in [5.74, 6) is -0.992. The van der Waals surface area contributed by atoms with Gasteiger partial charge in [0.2, 0.25) is 0 Å². The standard InChI is InChI=1S/C28H28ClNO3/c1-17-14-21-15-19(20-6-5-13-30-16-20)9-12-23(21)25(18-7-10-22(29)11-8-18)24(17)26(27(31)32)33-28(2,3)4/h5-7,9-16,18,26H,8H2,1-4H3,(H,31,32)/t18?,26-/m0/s1. The minimum atomic E-state index is -1.07. The molecule has 1 N–H and O–H groups in total. The van der Waals surface area contributed by atoms with Gasteiger partial charge in [-0.1, -0.05) is 48.0 Å². The third kappa shape index (κ3) is 5.02. The van der Waals surface area contributed by atoms with Crippen LogP contribution in [-0.4, -0.2) is 21.7 Å². The van der Waals surface area contributed by atoms with Crippen LogP contribution in [0.1, 0.15) is 55.9 Å². The molecule has 1 aliphatic carbocycles. The molecule has 1 unspecified atom stereocenters. The first-order chi connectivity index (χ1) is 15.6. The number of pyridine rings is 1. The summed E-state index contributed by atoms with van der Waals surface area (Å²) in [5.41, 5.74) is 4.09. The Morgan fingerprint density at radius 1 is 1.21 bits per heavy atom. The van der Waals surface area contributed by atoms with Crippen molar-refractivity contribution in [3.63, 3.8) is 0 Å². The third-order valence-corrected chi connectivity index (χ3v) is 6.09. The number of hydrogen-bond donors (Lipinski definition) is 1. The summed E-state index contributed by atoms with van der Waals surface area (Å²) < 4.78 is 6.09. The van der Waals surface area contributed by atoms with Crippen LogP contribution in [0.25, 0.3) is 21.9 Å². The molecule has 0 saturated heterocycles. The van der Waals surface area contributed by atoms with Gasteiger partial charge in [-0.25, -0.2) is 4.79 Å². The summed E-state index contributed by atoms with van der Waals surface area (Å²) in [6.07, 6.45) is 9.16. The van der Waals surface area contributed by atoms with E-state index < -0.39 is 17.7 Å². The highest BCUT2D eigenvalue weighted by Gasteiger charge is 2.33. The van der Waals surface area contributed by atoms with Gasteiger partial charge < -0.3 is 9.84 Å². The van der Waals surface area contributed by atoms with E-state index in [4.69, 9.17) is 16.3 Å². The Kier molecular flexibility index (Phi) is 6.42. The summed E-state index contributed by atoms with van der Waals surface area (Å²) >= 11 is 6.20. The molecule has 3 aromatic rings. The zero-order valence-corrected chi connectivity index (χ0v) is 20.1. The average Bonchev–Trinajstić information content (AvgIpc) is 2.77. The number of ether oxygens (including phenoxy) is 1. The number of carboxylic acids is 1. The van der Waals surface area contributed by atoms with Crippen LogP contribution in [0.3, 0.4) is 0 Å². The van der Waals surface area contributed by atoms with Crippen molar-refractivity contribution in [2.45, 2.75) is 51.7 Å². The Hall–Kier alpha value is -2.95. The molecule has 4 nitrogen and oxygen atoms in total. The third-order valence-electron chi connectivity index (χ3n) is 5.81. The second kappa shape index (κ2) is 9.12. The molecule has 0 aliphatic heterocycles. The van der Waals surface area contributed by atoms with Crippen molar-refractivity contribution in [2.24, 2.45) is 0 Å². The Morgan fingerprint density at radius 2 is 2.00 bits per heavy atom. The Morgan fingerprint density at radius 3 is 2.61 bits per heavy atom. The number of hydrogen-bond acceptors (Lipinski definition) is 3. The maximum absolute atomic E-state index is 12.4. The molecule has 33 heavy (non-hydrogen) atoms. The van der Waals surface area contributed by atoms with E-state index in [0.29, 0.717) is 11.5 Å². The number of rotatable bonds is 5. The smallest absolute Gasteiger partial charge is 0.337 e. The largest absolute Gasteiger partial charge is 0.479 e. The molecule has 5 heteroatoms. The van der Waals surface area contributed by atoms with Crippen molar-refractivity contribution >= 4 is 28.3 Å². The topological polar surface area (TPSA) is 59.4 Å². The SMILES string of the molecule is Cc1cc2cc(-c3cccnc3)ccc2c(C2C=CC(Cl)=CC2)c1[C@H](OC(C)(C)C)C(=O)O. The maximum atomic E-state index is 12.4. The van der Waals surface area contributed by atoms with Crippen molar-refractivity contribution in [2.75, 3.05) is 0 Å². The molecule has 1 aliphatic rings. The van der Waals surface area contributed by atoms with Crippen molar-refractivity contribution in [3.8, 4) is 11.1 Å². The molecule has 2 aromatic carbocycles. The first kappa shape index (κ1) is 23.2. The summed E-state index contributed by atoms with van der Waals surface area (Å²) in [7, 11) is 0. The lowest BCUT2D eigenvalue weighted by molar-refractivity contribution is -0.160. The number of aromatic nitrogens is 1. The minimum absolute atomic E-state index is 0.000407. The van der Waals surface area contributed by atoms with E-state index in [-0.39, 0.29) is 5.92 Å². The van der Waals surface area contributed by atoms with Crippen LogP contribution in [0.4, 0.5) is 0 Å². The highest BCUT2D eigenvalue weighted by molar-refractivity contribution is 6.31. The molecule has 170 valence electrons. The van der Waals surface area contributed by atoms with E-state index in [9.17, 15) is 9.90 Å². The van der Waals surface area contributed by atoms with Crippen LogP contribution in [0.5, 0.6) is 0 Å². The van der Waals surface area contributed by atoms with Gasteiger partial charge >= 0.3 is 5.97 Å². The Bertz CT molecular complexity index is 1260. The van der Waals surface area contributed by atoms with E-state index in [1.54, 1.807) is 6.20 Å². The highest BCUT2D eigenvalue weighted by atomic mass is 35.5.